The van der Waals surface area contributed by atoms with Crippen LogP contribution in [-0.4, -0.2) is 26.9 Å². The number of rotatable bonds is 6. The van der Waals surface area contributed by atoms with E-state index >= 15 is 0 Å². The summed E-state index contributed by atoms with van der Waals surface area (Å²) in [7, 11) is -3.43. The van der Waals surface area contributed by atoms with Gasteiger partial charge in [-0.2, -0.15) is 0 Å². The van der Waals surface area contributed by atoms with Crippen LogP contribution in [0.5, 0.6) is 0 Å². The summed E-state index contributed by atoms with van der Waals surface area (Å²) < 4.78 is 25.8. The van der Waals surface area contributed by atoms with Crippen LogP contribution in [0.1, 0.15) is 19.4 Å². The lowest BCUT2D eigenvalue weighted by atomic mass is 10.2. The Morgan fingerprint density at radius 3 is 2.30 bits per heavy atom. The maximum absolute atomic E-state index is 11.7. The van der Waals surface area contributed by atoms with E-state index in [1.54, 1.807) is 26.0 Å². The van der Waals surface area contributed by atoms with Gasteiger partial charge in [0.05, 0.1) is 10.9 Å². The van der Waals surface area contributed by atoms with E-state index in [-0.39, 0.29) is 23.2 Å². The molecule has 4 N–H and O–H groups in total. The second-order valence-electron chi connectivity index (χ2n) is 4.15. The molecule has 1 atom stereocenters. The van der Waals surface area contributed by atoms with E-state index in [1.165, 1.54) is 12.1 Å². The van der Waals surface area contributed by atoms with Crippen molar-refractivity contribution >= 4 is 28.3 Å². The highest BCUT2D eigenvalue weighted by Gasteiger charge is 2.12. The molecule has 8 heteroatoms. The third kappa shape index (κ3) is 5.46. The van der Waals surface area contributed by atoms with Gasteiger partial charge < -0.3 is 11.1 Å². The highest BCUT2D eigenvalue weighted by Crippen LogP contribution is 2.10. The molecule has 0 saturated carbocycles. The smallest absolute Gasteiger partial charge is 0.240 e. The van der Waals surface area contributed by atoms with Crippen molar-refractivity contribution in [2.45, 2.75) is 31.3 Å². The molecule has 0 aliphatic carbocycles. The molecule has 0 aromatic heterocycles. The first kappa shape index (κ1) is 18.9. The summed E-state index contributed by atoms with van der Waals surface area (Å²) in [5, 5.41) is 2.65. The molecule has 1 amide bonds. The lowest BCUT2D eigenvalue weighted by Gasteiger charge is -2.09. The number of nitrogens with two attached hydrogens (primary N) is 1. The Hall–Kier alpha value is -1.15. The fourth-order valence-electron chi connectivity index (χ4n) is 1.41. The zero-order chi connectivity index (χ0) is 14.5. The van der Waals surface area contributed by atoms with E-state index in [4.69, 9.17) is 5.73 Å². The Morgan fingerprint density at radius 2 is 1.85 bits per heavy atom. The molecule has 1 aromatic carbocycles. The zero-order valence-electron chi connectivity index (χ0n) is 11.4. The molecule has 20 heavy (non-hydrogen) atoms. The third-order valence-electron chi connectivity index (χ3n) is 2.45. The van der Waals surface area contributed by atoms with E-state index in [2.05, 4.69) is 10.0 Å². The van der Waals surface area contributed by atoms with Crippen LogP contribution in [0, 0.1) is 0 Å². The number of hydrogen-bond donors (Lipinski definition) is 3. The first-order valence-electron chi connectivity index (χ1n) is 5.98. The average molecular weight is 322 g/mol. The number of carbonyl (C=O) groups is 1. The van der Waals surface area contributed by atoms with Crippen LogP contribution < -0.4 is 15.8 Å². The highest BCUT2D eigenvalue weighted by molar-refractivity contribution is 7.89. The summed E-state index contributed by atoms with van der Waals surface area (Å²) >= 11 is 0. The van der Waals surface area contributed by atoms with Gasteiger partial charge >= 0.3 is 0 Å². The first-order valence-corrected chi connectivity index (χ1v) is 7.47. The normalized spacial score (nSPS) is 12.3. The number of amides is 1. The molecule has 0 unspecified atom stereocenters. The lowest BCUT2D eigenvalue weighted by Crippen LogP contribution is -2.37. The number of nitrogens with one attached hydrogen (secondary N) is 2. The van der Waals surface area contributed by atoms with Crippen LogP contribution >= 0.6 is 12.4 Å². The van der Waals surface area contributed by atoms with Crippen molar-refractivity contribution in [1.82, 2.24) is 10.0 Å². The predicted molar refractivity (Wildman–Crippen MR) is 80.0 cm³/mol. The van der Waals surface area contributed by atoms with Crippen LogP contribution in [0.2, 0.25) is 0 Å². The summed E-state index contributed by atoms with van der Waals surface area (Å²) in [6.07, 6.45) is 0. The van der Waals surface area contributed by atoms with Gasteiger partial charge in [0.1, 0.15) is 0 Å². The first-order chi connectivity index (χ1) is 8.86. The second kappa shape index (κ2) is 8.21. The van der Waals surface area contributed by atoms with Crippen LogP contribution in [0.15, 0.2) is 29.2 Å². The summed E-state index contributed by atoms with van der Waals surface area (Å²) in [5.41, 5.74) is 6.22. The molecule has 0 heterocycles. The van der Waals surface area contributed by atoms with Crippen molar-refractivity contribution < 1.29 is 13.2 Å². The second-order valence-corrected chi connectivity index (χ2v) is 5.92. The van der Waals surface area contributed by atoms with Crippen molar-refractivity contribution in [3.8, 4) is 0 Å². The Kier molecular flexibility index (Phi) is 7.74. The third-order valence-corrected chi connectivity index (χ3v) is 4.01. The van der Waals surface area contributed by atoms with E-state index in [9.17, 15) is 13.2 Å². The molecule has 0 bridgehead atoms. The van der Waals surface area contributed by atoms with Crippen LogP contribution in [-0.2, 0) is 21.4 Å². The summed E-state index contributed by atoms with van der Waals surface area (Å²) in [6, 6.07) is 5.77. The minimum atomic E-state index is -3.43. The van der Waals surface area contributed by atoms with Gasteiger partial charge in [0.15, 0.2) is 0 Å². The minimum Gasteiger partial charge on any atom is -0.351 e. The standard InChI is InChI=1S/C12H19N3O3S.ClH/c1-3-15-19(17,18)11-6-4-10(5-7-11)8-14-12(16)9(2)13;/h4-7,9,15H,3,8,13H2,1-2H3,(H,14,16);1H/t9-;/m0./s1. The Balaban J connectivity index is 0.00000361. The molecule has 114 valence electrons. The molecule has 1 rings (SSSR count). The molecule has 0 spiro atoms. The largest absolute Gasteiger partial charge is 0.351 e. The molecule has 0 fully saturated rings. The molecule has 0 radical (unpaired) electrons. The Bertz CT molecular complexity index is 529. The maximum atomic E-state index is 11.7. The number of carbonyl (C=O) groups excluding carboxylic acids is 1. The molecule has 6 nitrogen and oxygen atoms in total. The Labute approximate surface area is 125 Å². The van der Waals surface area contributed by atoms with Crippen LogP contribution in [0.3, 0.4) is 0 Å². The van der Waals surface area contributed by atoms with Crippen molar-refractivity contribution in [2.24, 2.45) is 5.73 Å². The molecule has 0 aliphatic rings. The summed E-state index contributed by atoms with van der Waals surface area (Å²) in [4.78, 5) is 11.5. The van der Waals surface area contributed by atoms with Gasteiger partial charge in [-0.25, -0.2) is 13.1 Å². The fraction of sp³-hybridized carbons (Fsp3) is 0.417. The van der Waals surface area contributed by atoms with Crippen molar-refractivity contribution in [2.75, 3.05) is 6.54 Å². The molecule has 0 saturated heterocycles. The van der Waals surface area contributed by atoms with Gasteiger partial charge in [-0.3, -0.25) is 4.79 Å². The van der Waals surface area contributed by atoms with E-state index < -0.39 is 16.1 Å². The fourth-order valence-corrected chi connectivity index (χ4v) is 2.45. The van der Waals surface area contributed by atoms with Crippen molar-refractivity contribution in [3.63, 3.8) is 0 Å². The maximum Gasteiger partial charge on any atom is 0.240 e. The van der Waals surface area contributed by atoms with E-state index in [0.717, 1.165) is 5.56 Å². The average Bonchev–Trinajstić information content (AvgIpc) is 2.36. The van der Waals surface area contributed by atoms with Crippen LogP contribution in [0.25, 0.3) is 0 Å². The zero-order valence-corrected chi connectivity index (χ0v) is 13.1. The van der Waals surface area contributed by atoms with Gasteiger partial charge in [0.2, 0.25) is 15.9 Å². The van der Waals surface area contributed by atoms with Crippen LogP contribution in [0.4, 0.5) is 0 Å². The van der Waals surface area contributed by atoms with Gasteiger partial charge in [-0.15, -0.1) is 12.4 Å². The van der Waals surface area contributed by atoms with Gasteiger partial charge in [0, 0.05) is 13.1 Å². The topological polar surface area (TPSA) is 101 Å². The highest BCUT2D eigenvalue weighted by atomic mass is 35.5. The molecule has 0 aliphatic heterocycles. The summed E-state index contributed by atoms with van der Waals surface area (Å²) in [5.74, 6) is -0.246. The van der Waals surface area contributed by atoms with E-state index in [1.807, 2.05) is 0 Å². The molecular weight excluding hydrogens is 302 g/mol. The SMILES string of the molecule is CCNS(=O)(=O)c1ccc(CNC(=O)[C@H](C)N)cc1.Cl. The number of sulfonamides is 1. The number of benzene rings is 1. The van der Waals surface area contributed by atoms with Crippen molar-refractivity contribution in [1.29, 1.82) is 0 Å². The van der Waals surface area contributed by atoms with Gasteiger partial charge in [0.25, 0.3) is 0 Å². The van der Waals surface area contributed by atoms with Crippen molar-refractivity contribution in [3.05, 3.63) is 29.8 Å². The predicted octanol–water partition coefficient (Wildman–Crippen LogP) is 0.370. The number of hydrogen-bond acceptors (Lipinski definition) is 4. The number of halogens is 1. The van der Waals surface area contributed by atoms with E-state index in [0.29, 0.717) is 13.1 Å². The molecule has 1 aromatic rings. The quantitative estimate of drug-likeness (QED) is 0.704. The minimum absolute atomic E-state index is 0. The van der Waals surface area contributed by atoms with Gasteiger partial charge in [-0.1, -0.05) is 19.1 Å². The monoisotopic (exact) mass is 321 g/mol. The lowest BCUT2D eigenvalue weighted by molar-refractivity contribution is -0.122. The molecular formula is C12H20ClN3O3S. The van der Waals surface area contributed by atoms with Gasteiger partial charge in [-0.05, 0) is 24.6 Å². The summed E-state index contributed by atoms with van der Waals surface area (Å²) in [6.45, 7) is 3.98. The Morgan fingerprint density at radius 1 is 1.30 bits per heavy atom.